The van der Waals surface area contributed by atoms with Crippen LogP contribution in [0, 0.1) is 11.7 Å². The second-order valence-corrected chi connectivity index (χ2v) is 8.42. The fourth-order valence-corrected chi connectivity index (χ4v) is 3.93. The highest BCUT2D eigenvalue weighted by Gasteiger charge is 2.33. The Balaban J connectivity index is 1.58. The number of piperazine rings is 1. The van der Waals surface area contributed by atoms with Gasteiger partial charge in [-0.1, -0.05) is 26.1 Å². The number of cyclic esters (lactones) is 1. The van der Waals surface area contributed by atoms with Gasteiger partial charge in [0.25, 0.3) is 0 Å². The summed E-state index contributed by atoms with van der Waals surface area (Å²) in [7, 11) is 0. The summed E-state index contributed by atoms with van der Waals surface area (Å²) in [6.07, 6.45) is -0.263. The molecule has 0 saturated carbocycles. The molecule has 2 fully saturated rings. The van der Waals surface area contributed by atoms with Gasteiger partial charge in [0.1, 0.15) is 11.9 Å². The van der Waals surface area contributed by atoms with Crippen LogP contribution in [-0.4, -0.2) is 74.1 Å². The third-order valence-corrected chi connectivity index (χ3v) is 6.37. The molecule has 3 rings (SSSR count). The van der Waals surface area contributed by atoms with Crippen LogP contribution in [-0.2, 0) is 9.47 Å². The normalized spacial score (nSPS) is 19.6. The first-order chi connectivity index (χ1) is 15.3. The topological polar surface area (TPSA) is 74.3 Å². The van der Waals surface area contributed by atoms with Crippen molar-refractivity contribution in [3.63, 3.8) is 0 Å². The first-order valence-corrected chi connectivity index (χ1v) is 11.5. The minimum atomic E-state index is -0.499. The van der Waals surface area contributed by atoms with Gasteiger partial charge in [-0.2, -0.15) is 0 Å². The highest BCUT2D eigenvalue weighted by atomic mass is 32.1. The molecule has 2 aliphatic heterocycles. The van der Waals surface area contributed by atoms with Gasteiger partial charge in [-0.15, -0.1) is 0 Å². The summed E-state index contributed by atoms with van der Waals surface area (Å²) in [6.45, 7) is 8.89. The minimum absolute atomic E-state index is 0.263. The lowest BCUT2D eigenvalue weighted by molar-refractivity contribution is 0.105. The lowest BCUT2D eigenvalue weighted by Gasteiger charge is -2.35. The van der Waals surface area contributed by atoms with Crippen molar-refractivity contribution < 1.29 is 23.5 Å². The van der Waals surface area contributed by atoms with E-state index in [1.165, 1.54) is 11.0 Å². The van der Waals surface area contributed by atoms with Gasteiger partial charge in [-0.3, -0.25) is 4.90 Å². The second-order valence-electron chi connectivity index (χ2n) is 7.98. The fraction of sp³-hybridized carbons (Fsp3) is 0.591. The molecule has 0 aromatic heterocycles. The van der Waals surface area contributed by atoms with Crippen molar-refractivity contribution in [3.05, 3.63) is 24.0 Å². The molecule has 0 bridgehead atoms. The number of halogens is 1. The van der Waals surface area contributed by atoms with Crippen LogP contribution >= 0.6 is 12.2 Å². The van der Waals surface area contributed by atoms with E-state index in [4.69, 9.17) is 21.7 Å². The van der Waals surface area contributed by atoms with Crippen LogP contribution in [0.5, 0.6) is 0 Å². The molecular weight excluding hydrogens is 435 g/mol. The molecule has 2 heterocycles. The Labute approximate surface area is 193 Å². The highest BCUT2D eigenvalue weighted by molar-refractivity contribution is 7.80. The van der Waals surface area contributed by atoms with Crippen molar-refractivity contribution in [2.24, 2.45) is 5.92 Å². The molecule has 8 nitrogen and oxygen atoms in total. The van der Waals surface area contributed by atoms with Gasteiger partial charge in [-0.05, 0) is 31.5 Å². The van der Waals surface area contributed by atoms with Gasteiger partial charge < -0.3 is 24.6 Å². The van der Waals surface area contributed by atoms with E-state index in [0.717, 1.165) is 11.4 Å². The molecule has 2 atom stereocenters. The lowest BCUT2D eigenvalue weighted by atomic mass is 10.1. The van der Waals surface area contributed by atoms with Crippen molar-refractivity contribution >= 4 is 40.8 Å². The predicted octanol–water partition coefficient (Wildman–Crippen LogP) is 3.39. The number of hydrogen-bond acceptors (Lipinski definition) is 6. The Morgan fingerprint density at radius 3 is 2.66 bits per heavy atom. The zero-order valence-corrected chi connectivity index (χ0v) is 19.6. The number of amides is 2. The Morgan fingerprint density at radius 2 is 2.03 bits per heavy atom. The number of nitrogens with zero attached hydrogens (tertiary/aromatic N) is 3. The largest absolute Gasteiger partial charge is 0.450 e. The van der Waals surface area contributed by atoms with Crippen molar-refractivity contribution in [1.29, 1.82) is 0 Å². The average Bonchev–Trinajstić information content (AvgIpc) is 3.17. The number of nitrogens with one attached hydrogen (secondary N) is 1. The molecule has 2 amide bonds. The first kappa shape index (κ1) is 24.0. The Hall–Kier alpha value is -2.62. The molecule has 1 N–H and O–H groups in total. The van der Waals surface area contributed by atoms with E-state index < -0.39 is 11.9 Å². The molecule has 0 aliphatic carbocycles. The average molecular weight is 467 g/mol. The molecule has 0 spiro atoms. The van der Waals surface area contributed by atoms with E-state index in [-0.39, 0.29) is 18.1 Å². The van der Waals surface area contributed by atoms with E-state index in [0.29, 0.717) is 57.3 Å². The van der Waals surface area contributed by atoms with Crippen LogP contribution in [0.4, 0.5) is 25.4 Å². The number of carbonyl (C=O) groups excluding carboxylic acids is 2. The van der Waals surface area contributed by atoms with Gasteiger partial charge >= 0.3 is 12.2 Å². The quantitative estimate of drug-likeness (QED) is 0.618. The maximum Gasteiger partial charge on any atom is 0.414 e. The second kappa shape index (κ2) is 10.8. The van der Waals surface area contributed by atoms with Gasteiger partial charge in [0, 0.05) is 32.1 Å². The minimum Gasteiger partial charge on any atom is -0.450 e. The molecule has 1 aromatic rings. The zero-order valence-electron chi connectivity index (χ0n) is 18.8. The lowest BCUT2D eigenvalue weighted by Crippen LogP contribution is -2.49. The smallest absolute Gasteiger partial charge is 0.414 e. The number of ether oxygens (including phenoxy) is 2. The maximum atomic E-state index is 14.9. The van der Waals surface area contributed by atoms with Crippen LogP contribution in [0.3, 0.4) is 0 Å². The summed E-state index contributed by atoms with van der Waals surface area (Å²) in [4.78, 5) is 29.9. The Bertz CT molecular complexity index is 847. The summed E-state index contributed by atoms with van der Waals surface area (Å²) in [5.74, 6) is -0.154. The molecular formula is C22H31FN4O4S. The van der Waals surface area contributed by atoms with Crippen LogP contribution in [0.1, 0.15) is 27.2 Å². The molecule has 2 unspecified atom stereocenters. The number of anilines is 2. The SMILES string of the molecule is CCOC(=O)N1CCN(c2ccc(N3CC(CNC(=S)C(C)CC)OC3=O)cc2F)CC1. The molecule has 2 aliphatic rings. The maximum absolute atomic E-state index is 14.9. The van der Waals surface area contributed by atoms with Crippen LogP contribution in [0.15, 0.2) is 18.2 Å². The van der Waals surface area contributed by atoms with E-state index in [9.17, 15) is 14.0 Å². The van der Waals surface area contributed by atoms with Gasteiger partial charge in [0.2, 0.25) is 0 Å². The monoisotopic (exact) mass is 466 g/mol. The summed E-state index contributed by atoms with van der Waals surface area (Å²) < 4.78 is 25.3. The molecule has 32 heavy (non-hydrogen) atoms. The predicted molar refractivity (Wildman–Crippen MR) is 125 cm³/mol. The molecule has 2 saturated heterocycles. The third kappa shape index (κ3) is 5.59. The van der Waals surface area contributed by atoms with Crippen molar-refractivity contribution in [2.75, 3.05) is 55.7 Å². The van der Waals surface area contributed by atoms with Gasteiger partial charge in [0.05, 0.1) is 36.1 Å². The number of carbonyl (C=O) groups is 2. The van der Waals surface area contributed by atoms with Crippen molar-refractivity contribution in [3.8, 4) is 0 Å². The summed E-state index contributed by atoms with van der Waals surface area (Å²) in [6, 6.07) is 4.74. The summed E-state index contributed by atoms with van der Waals surface area (Å²) in [5.41, 5.74) is 0.898. The number of hydrogen-bond donors (Lipinski definition) is 1. The third-order valence-electron chi connectivity index (χ3n) is 5.83. The van der Waals surface area contributed by atoms with Crippen molar-refractivity contribution in [1.82, 2.24) is 10.2 Å². The fourth-order valence-electron chi connectivity index (χ4n) is 3.68. The number of thiocarbonyl (C=S) groups is 1. The van der Waals surface area contributed by atoms with Crippen molar-refractivity contribution in [2.45, 2.75) is 33.3 Å². The molecule has 0 radical (unpaired) electrons. The number of benzene rings is 1. The Kier molecular flexibility index (Phi) is 8.11. The molecule has 176 valence electrons. The zero-order chi connectivity index (χ0) is 23.3. The van der Waals surface area contributed by atoms with E-state index >= 15 is 0 Å². The van der Waals surface area contributed by atoms with E-state index in [1.54, 1.807) is 24.0 Å². The van der Waals surface area contributed by atoms with Gasteiger partial charge in [-0.25, -0.2) is 14.0 Å². The molecule has 10 heteroatoms. The van der Waals surface area contributed by atoms with E-state index in [1.807, 2.05) is 11.8 Å². The van der Waals surface area contributed by atoms with Crippen LogP contribution < -0.4 is 15.1 Å². The summed E-state index contributed by atoms with van der Waals surface area (Å²) in [5, 5.41) is 3.16. The molecule has 1 aromatic carbocycles. The standard InChI is InChI=1S/C22H31FN4O4S/c1-4-15(3)20(32)24-13-17-14-27(22(29)31-17)16-6-7-19(18(23)12-16)25-8-10-26(11-9-25)21(28)30-5-2/h6-7,12,15,17H,4-5,8-11,13-14H2,1-3H3,(H,24,32). The van der Waals surface area contributed by atoms with E-state index in [2.05, 4.69) is 12.2 Å². The van der Waals surface area contributed by atoms with Crippen LogP contribution in [0.25, 0.3) is 0 Å². The van der Waals surface area contributed by atoms with Gasteiger partial charge in [0.15, 0.2) is 0 Å². The number of rotatable bonds is 7. The first-order valence-electron chi connectivity index (χ1n) is 11.1. The van der Waals surface area contributed by atoms with Crippen LogP contribution in [0.2, 0.25) is 0 Å². The summed E-state index contributed by atoms with van der Waals surface area (Å²) >= 11 is 5.34. The highest BCUT2D eigenvalue weighted by Crippen LogP contribution is 2.28. The Morgan fingerprint density at radius 1 is 1.31 bits per heavy atom.